The van der Waals surface area contributed by atoms with Gasteiger partial charge in [0.05, 0.1) is 17.2 Å². The zero-order valence-corrected chi connectivity index (χ0v) is 16.7. The monoisotopic (exact) mass is 414 g/mol. The molecule has 0 saturated carbocycles. The second kappa shape index (κ2) is 7.87. The van der Waals surface area contributed by atoms with Crippen molar-refractivity contribution in [2.75, 3.05) is 29.6 Å². The fraction of sp³-hybridized carbons (Fsp3) is 0.333. The number of nitrogens with zero attached hydrogens (tertiary/aromatic N) is 2. The number of sulfone groups is 1. The Morgan fingerprint density at radius 2 is 1.83 bits per heavy atom. The third-order valence-corrected chi connectivity index (χ3v) is 7.02. The van der Waals surface area contributed by atoms with Crippen molar-refractivity contribution in [3.8, 4) is 5.75 Å². The third kappa shape index (κ3) is 4.27. The average molecular weight is 414 g/mol. The SMILES string of the molecule is O=C1COc2ccccc2N1CC(=O)N(Cc1ccccc1)C1CCS(=O)(=O)C1. The molecule has 4 rings (SSSR count). The van der Waals surface area contributed by atoms with Gasteiger partial charge in [-0.3, -0.25) is 14.5 Å². The van der Waals surface area contributed by atoms with Crippen LogP contribution in [0.25, 0.3) is 0 Å². The standard InChI is InChI=1S/C21H22N2O5S/c24-20(13-23-18-8-4-5-9-19(18)28-14-21(23)25)22(12-16-6-2-1-3-7-16)17-10-11-29(26,27)15-17/h1-9,17H,10-15H2. The highest BCUT2D eigenvalue weighted by Crippen LogP contribution is 2.31. The van der Waals surface area contributed by atoms with E-state index in [0.717, 1.165) is 5.56 Å². The highest BCUT2D eigenvalue weighted by Gasteiger charge is 2.36. The Hall–Kier alpha value is -2.87. The molecule has 0 aliphatic carbocycles. The van der Waals surface area contributed by atoms with Crippen LogP contribution in [0.1, 0.15) is 12.0 Å². The molecule has 8 heteroatoms. The lowest BCUT2D eigenvalue weighted by atomic mass is 10.1. The quantitative estimate of drug-likeness (QED) is 0.743. The number of para-hydroxylation sites is 2. The molecule has 0 radical (unpaired) electrons. The Morgan fingerprint density at radius 3 is 2.55 bits per heavy atom. The molecule has 1 fully saturated rings. The number of fused-ring (bicyclic) bond motifs is 1. The van der Waals surface area contributed by atoms with E-state index in [1.165, 1.54) is 4.90 Å². The van der Waals surface area contributed by atoms with Crippen LogP contribution in [0.2, 0.25) is 0 Å². The maximum absolute atomic E-state index is 13.3. The minimum atomic E-state index is -3.15. The van der Waals surface area contributed by atoms with Crippen molar-refractivity contribution in [3.63, 3.8) is 0 Å². The van der Waals surface area contributed by atoms with E-state index in [1.807, 2.05) is 30.3 Å². The highest BCUT2D eigenvalue weighted by atomic mass is 32.2. The van der Waals surface area contributed by atoms with E-state index in [9.17, 15) is 18.0 Å². The Morgan fingerprint density at radius 1 is 1.10 bits per heavy atom. The number of anilines is 1. The predicted octanol–water partition coefficient (Wildman–Crippen LogP) is 1.63. The molecule has 1 atom stereocenters. The van der Waals surface area contributed by atoms with E-state index in [0.29, 0.717) is 24.4 Å². The van der Waals surface area contributed by atoms with Crippen LogP contribution >= 0.6 is 0 Å². The Balaban J connectivity index is 1.59. The zero-order valence-electron chi connectivity index (χ0n) is 15.9. The number of carbonyl (C=O) groups is 2. The maximum Gasteiger partial charge on any atom is 0.265 e. The van der Waals surface area contributed by atoms with Crippen molar-refractivity contribution in [1.82, 2.24) is 4.90 Å². The summed E-state index contributed by atoms with van der Waals surface area (Å²) in [5.41, 5.74) is 1.47. The molecule has 7 nitrogen and oxygen atoms in total. The molecule has 0 spiro atoms. The van der Waals surface area contributed by atoms with Gasteiger partial charge < -0.3 is 9.64 Å². The van der Waals surface area contributed by atoms with Crippen molar-refractivity contribution in [1.29, 1.82) is 0 Å². The summed E-state index contributed by atoms with van der Waals surface area (Å²) in [4.78, 5) is 28.7. The molecule has 0 N–H and O–H groups in total. The molecule has 0 aromatic heterocycles. The molecule has 1 unspecified atom stereocenters. The Kier molecular flexibility index (Phi) is 5.27. The first kappa shape index (κ1) is 19.4. The molecular formula is C21H22N2O5S. The summed E-state index contributed by atoms with van der Waals surface area (Å²) in [6.45, 7) is 0.0312. The van der Waals surface area contributed by atoms with Gasteiger partial charge in [-0.25, -0.2) is 8.42 Å². The lowest BCUT2D eigenvalue weighted by molar-refractivity contribution is -0.134. The zero-order chi connectivity index (χ0) is 20.4. The van der Waals surface area contributed by atoms with Crippen molar-refractivity contribution in [2.45, 2.75) is 19.0 Å². The van der Waals surface area contributed by atoms with Gasteiger partial charge in [-0.2, -0.15) is 0 Å². The van der Waals surface area contributed by atoms with E-state index < -0.39 is 9.84 Å². The summed E-state index contributed by atoms with van der Waals surface area (Å²) in [5.74, 6) is 0.0177. The van der Waals surface area contributed by atoms with Gasteiger partial charge in [0, 0.05) is 12.6 Å². The van der Waals surface area contributed by atoms with Crippen LogP contribution in [0.3, 0.4) is 0 Å². The molecule has 0 bridgehead atoms. The highest BCUT2D eigenvalue weighted by molar-refractivity contribution is 7.91. The first-order chi connectivity index (χ1) is 13.9. The molecule has 29 heavy (non-hydrogen) atoms. The van der Waals surface area contributed by atoms with Crippen LogP contribution in [0, 0.1) is 0 Å². The average Bonchev–Trinajstić information content (AvgIpc) is 3.08. The first-order valence-electron chi connectivity index (χ1n) is 9.49. The Bertz CT molecular complexity index is 1020. The fourth-order valence-corrected chi connectivity index (χ4v) is 5.51. The summed E-state index contributed by atoms with van der Waals surface area (Å²) in [6.07, 6.45) is 0.411. The molecule has 2 aromatic carbocycles. The van der Waals surface area contributed by atoms with Crippen LogP contribution in [-0.2, 0) is 26.0 Å². The van der Waals surface area contributed by atoms with Gasteiger partial charge >= 0.3 is 0 Å². The van der Waals surface area contributed by atoms with Gasteiger partial charge in [-0.15, -0.1) is 0 Å². The Labute approximate surface area is 169 Å². The van der Waals surface area contributed by atoms with Crippen molar-refractivity contribution in [2.24, 2.45) is 0 Å². The molecule has 2 aromatic rings. The van der Waals surface area contributed by atoms with Crippen molar-refractivity contribution in [3.05, 3.63) is 60.2 Å². The summed E-state index contributed by atoms with van der Waals surface area (Å²) < 4.78 is 29.4. The minimum Gasteiger partial charge on any atom is -0.482 e. The van der Waals surface area contributed by atoms with Crippen LogP contribution < -0.4 is 9.64 Å². The van der Waals surface area contributed by atoms with Gasteiger partial charge in [0.15, 0.2) is 16.4 Å². The predicted molar refractivity (Wildman–Crippen MR) is 108 cm³/mol. The largest absolute Gasteiger partial charge is 0.482 e. The van der Waals surface area contributed by atoms with Crippen LogP contribution in [0.4, 0.5) is 5.69 Å². The summed E-state index contributed by atoms with van der Waals surface area (Å²) in [5, 5.41) is 0. The number of hydrogen-bond acceptors (Lipinski definition) is 5. The van der Waals surface area contributed by atoms with Gasteiger partial charge in [-0.1, -0.05) is 42.5 Å². The van der Waals surface area contributed by atoms with Gasteiger partial charge in [0.1, 0.15) is 12.3 Å². The molecule has 1 saturated heterocycles. The minimum absolute atomic E-state index is 0.0424. The lowest BCUT2D eigenvalue weighted by Gasteiger charge is -2.33. The first-order valence-corrected chi connectivity index (χ1v) is 11.3. The summed E-state index contributed by atoms with van der Waals surface area (Å²) >= 11 is 0. The van der Waals surface area contributed by atoms with Crippen LogP contribution in [0.15, 0.2) is 54.6 Å². The molecule has 2 aliphatic rings. The van der Waals surface area contributed by atoms with E-state index in [-0.39, 0.29) is 42.5 Å². The number of hydrogen-bond donors (Lipinski definition) is 0. The lowest BCUT2D eigenvalue weighted by Crippen LogP contribution is -2.49. The van der Waals surface area contributed by atoms with E-state index >= 15 is 0 Å². The number of rotatable bonds is 5. The van der Waals surface area contributed by atoms with E-state index in [2.05, 4.69) is 0 Å². The van der Waals surface area contributed by atoms with Gasteiger partial charge in [-0.05, 0) is 24.1 Å². The summed E-state index contributed by atoms with van der Waals surface area (Å²) in [6, 6.07) is 16.1. The second-order valence-corrected chi connectivity index (χ2v) is 9.53. The molecule has 2 heterocycles. The summed E-state index contributed by atoms with van der Waals surface area (Å²) in [7, 11) is -3.15. The number of ether oxygens (including phenoxy) is 1. The number of amides is 2. The van der Waals surface area contributed by atoms with Crippen LogP contribution in [0.5, 0.6) is 5.75 Å². The van der Waals surface area contributed by atoms with Gasteiger partial charge in [0.25, 0.3) is 5.91 Å². The van der Waals surface area contributed by atoms with Gasteiger partial charge in [0.2, 0.25) is 5.91 Å². The molecular weight excluding hydrogens is 392 g/mol. The van der Waals surface area contributed by atoms with E-state index in [1.54, 1.807) is 29.2 Å². The molecule has 2 aliphatic heterocycles. The fourth-order valence-electron chi connectivity index (χ4n) is 3.78. The number of carbonyl (C=O) groups excluding carboxylic acids is 2. The maximum atomic E-state index is 13.3. The van der Waals surface area contributed by atoms with E-state index in [4.69, 9.17) is 4.74 Å². The normalized spacial score (nSPS) is 20.1. The van der Waals surface area contributed by atoms with Crippen molar-refractivity contribution >= 4 is 27.3 Å². The molecule has 2 amide bonds. The van der Waals surface area contributed by atoms with Crippen LogP contribution in [-0.4, -0.2) is 55.8 Å². The second-order valence-electron chi connectivity index (χ2n) is 7.30. The van der Waals surface area contributed by atoms with Crippen molar-refractivity contribution < 1.29 is 22.7 Å². The number of benzene rings is 2. The molecule has 152 valence electrons. The topological polar surface area (TPSA) is 84.0 Å². The smallest absolute Gasteiger partial charge is 0.265 e. The third-order valence-electron chi connectivity index (χ3n) is 5.27.